The molecule has 4 nitrogen and oxygen atoms in total. The average Bonchev–Trinajstić information content (AvgIpc) is 2.69. The van der Waals surface area contributed by atoms with Gasteiger partial charge in [-0.1, -0.05) is 43.7 Å². The number of aromatic nitrogens is 1. The number of benzene rings is 2. The van der Waals surface area contributed by atoms with E-state index in [1.165, 1.54) is 11.1 Å². The van der Waals surface area contributed by atoms with E-state index >= 15 is 0 Å². The lowest BCUT2D eigenvalue weighted by Crippen LogP contribution is -2.06. The van der Waals surface area contributed by atoms with Gasteiger partial charge in [0, 0.05) is 24.4 Å². The van der Waals surface area contributed by atoms with Crippen LogP contribution in [-0.4, -0.2) is 25.3 Å². The molecule has 1 aromatic heterocycles. The average molecular weight is 364 g/mol. The molecule has 0 fully saturated rings. The molecule has 0 aliphatic rings. The molecule has 4 heteroatoms. The van der Waals surface area contributed by atoms with Crippen molar-refractivity contribution < 1.29 is 9.47 Å². The molecular formula is C23H28N2O2. The fraction of sp³-hybridized carbons (Fsp3) is 0.348. The first-order chi connectivity index (χ1) is 13.2. The summed E-state index contributed by atoms with van der Waals surface area (Å²) in [6.07, 6.45) is 5.28. The minimum Gasteiger partial charge on any atom is -0.489 e. The van der Waals surface area contributed by atoms with Crippen molar-refractivity contribution in [2.24, 2.45) is 0 Å². The summed E-state index contributed by atoms with van der Waals surface area (Å²) in [6.45, 7) is 5.40. The van der Waals surface area contributed by atoms with Gasteiger partial charge in [-0.15, -0.1) is 0 Å². The van der Waals surface area contributed by atoms with Crippen molar-refractivity contribution in [3.05, 3.63) is 59.8 Å². The molecule has 3 aromatic rings. The highest BCUT2D eigenvalue weighted by Gasteiger charge is 2.13. The molecule has 2 aromatic carbocycles. The van der Waals surface area contributed by atoms with Gasteiger partial charge in [0.05, 0.1) is 12.3 Å². The van der Waals surface area contributed by atoms with Gasteiger partial charge in [0.15, 0.2) is 0 Å². The molecule has 0 saturated heterocycles. The number of methoxy groups -OCH3 is 1. The summed E-state index contributed by atoms with van der Waals surface area (Å²) in [4.78, 5) is 4.73. The topological polar surface area (TPSA) is 43.4 Å². The van der Waals surface area contributed by atoms with Gasteiger partial charge in [0.2, 0.25) is 0 Å². The second kappa shape index (κ2) is 9.38. The third-order valence-corrected chi connectivity index (χ3v) is 4.69. The van der Waals surface area contributed by atoms with E-state index in [0.29, 0.717) is 13.2 Å². The number of para-hydroxylation sites is 2. The number of aryl methyl sites for hydroxylation is 2. The van der Waals surface area contributed by atoms with Gasteiger partial charge < -0.3 is 14.8 Å². The first-order valence-electron chi connectivity index (χ1n) is 9.59. The summed E-state index contributed by atoms with van der Waals surface area (Å²) in [7, 11) is 1.68. The summed E-state index contributed by atoms with van der Waals surface area (Å²) in [6, 6.07) is 14.5. The zero-order valence-corrected chi connectivity index (χ0v) is 16.4. The van der Waals surface area contributed by atoms with Crippen molar-refractivity contribution in [1.82, 2.24) is 4.98 Å². The first kappa shape index (κ1) is 19.2. The number of fused-ring (bicyclic) bond motifs is 1. The van der Waals surface area contributed by atoms with Crippen LogP contribution in [0.15, 0.2) is 48.7 Å². The summed E-state index contributed by atoms with van der Waals surface area (Å²) in [5.41, 5.74) is 5.58. The van der Waals surface area contributed by atoms with Crippen LogP contribution < -0.4 is 10.1 Å². The SMILES string of the molecule is CCCCc1cnc2c(OCCOC)cccc2c1Nc1ccccc1C. The van der Waals surface area contributed by atoms with Gasteiger partial charge in [-0.2, -0.15) is 0 Å². The molecule has 0 radical (unpaired) electrons. The predicted octanol–water partition coefficient (Wildman–Crippen LogP) is 5.65. The number of nitrogens with zero attached hydrogens (tertiary/aromatic N) is 1. The molecule has 27 heavy (non-hydrogen) atoms. The maximum atomic E-state index is 5.89. The van der Waals surface area contributed by atoms with Crippen LogP contribution in [0.2, 0.25) is 0 Å². The summed E-state index contributed by atoms with van der Waals surface area (Å²) in [5, 5.41) is 4.75. The predicted molar refractivity (Wildman–Crippen MR) is 112 cm³/mol. The monoisotopic (exact) mass is 364 g/mol. The van der Waals surface area contributed by atoms with E-state index in [4.69, 9.17) is 14.5 Å². The number of ether oxygens (including phenoxy) is 2. The van der Waals surface area contributed by atoms with Crippen molar-refractivity contribution in [3.63, 3.8) is 0 Å². The van der Waals surface area contributed by atoms with E-state index in [2.05, 4.69) is 49.5 Å². The molecule has 1 N–H and O–H groups in total. The summed E-state index contributed by atoms with van der Waals surface area (Å²) >= 11 is 0. The number of pyridine rings is 1. The van der Waals surface area contributed by atoms with E-state index in [0.717, 1.165) is 47.3 Å². The maximum Gasteiger partial charge on any atom is 0.145 e. The van der Waals surface area contributed by atoms with E-state index in [1.807, 2.05) is 18.3 Å². The minimum absolute atomic E-state index is 0.509. The molecule has 0 unspecified atom stereocenters. The van der Waals surface area contributed by atoms with Crippen molar-refractivity contribution in [3.8, 4) is 5.75 Å². The second-order valence-corrected chi connectivity index (χ2v) is 6.70. The molecule has 0 spiro atoms. The Morgan fingerprint density at radius 2 is 1.89 bits per heavy atom. The number of rotatable bonds is 9. The zero-order chi connectivity index (χ0) is 19.1. The van der Waals surface area contributed by atoms with Crippen LogP contribution in [0.4, 0.5) is 11.4 Å². The van der Waals surface area contributed by atoms with E-state index in [1.54, 1.807) is 7.11 Å². The standard InChI is InChI=1S/C23H28N2O2/c1-4-5-10-18-16-24-23-19(11-8-13-21(23)27-15-14-26-3)22(18)25-20-12-7-6-9-17(20)2/h6-9,11-13,16H,4-5,10,14-15H2,1-3H3,(H,24,25). The Kier molecular flexibility index (Phi) is 6.66. The quantitative estimate of drug-likeness (QED) is 0.498. The Bertz CT molecular complexity index is 893. The van der Waals surface area contributed by atoms with Crippen LogP contribution >= 0.6 is 0 Å². The van der Waals surface area contributed by atoms with Gasteiger partial charge in [0.1, 0.15) is 17.9 Å². The molecule has 142 valence electrons. The van der Waals surface area contributed by atoms with Crippen molar-refractivity contribution in [2.45, 2.75) is 33.1 Å². The third-order valence-electron chi connectivity index (χ3n) is 4.69. The first-order valence-corrected chi connectivity index (χ1v) is 9.59. The second-order valence-electron chi connectivity index (χ2n) is 6.70. The lowest BCUT2D eigenvalue weighted by atomic mass is 10.0. The van der Waals surface area contributed by atoms with Crippen molar-refractivity contribution in [2.75, 3.05) is 25.6 Å². The Balaban J connectivity index is 2.05. The maximum absolute atomic E-state index is 5.89. The summed E-state index contributed by atoms with van der Waals surface area (Å²) < 4.78 is 11.0. The lowest BCUT2D eigenvalue weighted by molar-refractivity contribution is 0.147. The van der Waals surface area contributed by atoms with Crippen LogP contribution in [0, 0.1) is 6.92 Å². The Labute approximate surface area is 161 Å². The molecule has 0 aliphatic carbocycles. The largest absolute Gasteiger partial charge is 0.489 e. The fourth-order valence-corrected chi connectivity index (χ4v) is 3.14. The molecule has 0 atom stereocenters. The lowest BCUT2D eigenvalue weighted by Gasteiger charge is -2.17. The Hall–Kier alpha value is -2.59. The van der Waals surface area contributed by atoms with Gasteiger partial charge >= 0.3 is 0 Å². The van der Waals surface area contributed by atoms with Crippen LogP contribution in [-0.2, 0) is 11.2 Å². The molecule has 0 bridgehead atoms. The highest BCUT2D eigenvalue weighted by Crippen LogP contribution is 2.34. The number of hydrogen-bond donors (Lipinski definition) is 1. The molecule has 0 saturated carbocycles. The van der Waals surface area contributed by atoms with E-state index in [9.17, 15) is 0 Å². The van der Waals surface area contributed by atoms with Gasteiger partial charge in [-0.05, 0) is 43.0 Å². The molecule has 0 amide bonds. The van der Waals surface area contributed by atoms with Gasteiger partial charge in [0.25, 0.3) is 0 Å². The molecular weight excluding hydrogens is 336 g/mol. The number of hydrogen-bond acceptors (Lipinski definition) is 4. The number of nitrogens with one attached hydrogen (secondary N) is 1. The van der Waals surface area contributed by atoms with Crippen LogP contribution in [0.25, 0.3) is 10.9 Å². The van der Waals surface area contributed by atoms with Gasteiger partial charge in [-0.25, -0.2) is 0 Å². The Morgan fingerprint density at radius 1 is 1.04 bits per heavy atom. The Morgan fingerprint density at radius 3 is 2.67 bits per heavy atom. The van der Waals surface area contributed by atoms with E-state index < -0.39 is 0 Å². The van der Waals surface area contributed by atoms with Crippen LogP contribution in [0.1, 0.15) is 30.9 Å². The number of anilines is 2. The number of unbranched alkanes of at least 4 members (excludes halogenated alkanes) is 1. The molecule has 3 rings (SSSR count). The molecule has 0 aliphatic heterocycles. The van der Waals surface area contributed by atoms with Crippen molar-refractivity contribution in [1.29, 1.82) is 0 Å². The zero-order valence-electron chi connectivity index (χ0n) is 16.4. The van der Waals surface area contributed by atoms with Crippen LogP contribution in [0.5, 0.6) is 5.75 Å². The van der Waals surface area contributed by atoms with Crippen molar-refractivity contribution >= 4 is 22.3 Å². The van der Waals surface area contributed by atoms with Gasteiger partial charge in [-0.3, -0.25) is 4.98 Å². The summed E-state index contributed by atoms with van der Waals surface area (Å²) in [5.74, 6) is 0.791. The fourth-order valence-electron chi connectivity index (χ4n) is 3.14. The highest BCUT2D eigenvalue weighted by atomic mass is 16.5. The minimum atomic E-state index is 0.509. The normalized spacial score (nSPS) is 10.9. The third kappa shape index (κ3) is 4.58. The molecule has 1 heterocycles. The van der Waals surface area contributed by atoms with E-state index in [-0.39, 0.29) is 0 Å². The highest BCUT2D eigenvalue weighted by molar-refractivity contribution is 5.97. The smallest absolute Gasteiger partial charge is 0.145 e. The van der Waals surface area contributed by atoms with Crippen LogP contribution in [0.3, 0.4) is 0 Å².